The van der Waals surface area contributed by atoms with E-state index in [1.165, 1.54) is 0 Å². The number of H-pyrrole nitrogens is 1. The summed E-state index contributed by atoms with van der Waals surface area (Å²) >= 11 is 0. The highest BCUT2D eigenvalue weighted by Gasteiger charge is 2.27. The Bertz CT molecular complexity index is 787. The van der Waals surface area contributed by atoms with Crippen LogP contribution in [0.3, 0.4) is 0 Å². The summed E-state index contributed by atoms with van der Waals surface area (Å²) in [6.07, 6.45) is 3.22. The molecule has 0 radical (unpaired) electrons. The second-order valence-corrected chi connectivity index (χ2v) is 7.32. The van der Waals surface area contributed by atoms with Crippen LogP contribution < -0.4 is 5.32 Å². The Labute approximate surface area is 152 Å². The number of piperazine rings is 1. The average Bonchev–Trinajstić information content (AvgIpc) is 3.07. The van der Waals surface area contributed by atoms with Gasteiger partial charge >= 0.3 is 12.1 Å². The largest absolute Gasteiger partial charge is 0.444 e. The zero-order valence-electron chi connectivity index (χ0n) is 15.4. The van der Waals surface area contributed by atoms with E-state index in [9.17, 15) is 9.59 Å². The van der Waals surface area contributed by atoms with E-state index in [0.29, 0.717) is 32.7 Å². The van der Waals surface area contributed by atoms with Crippen molar-refractivity contribution in [3.8, 4) is 0 Å². The summed E-state index contributed by atoms with van der Waals surface area (Å²) in [6, 6.07) is 3.72. The summed E-state index contributed by atoms with van der Waals surface area (Å²) in [6.45, 7) is 7.88. The molecule has 1 saturated heterocycles. The van der Waals surface area contributed by atoms with Gasteiger partial charge in [0.25, 0.3) is 0 Å². The molecule has 0 saturated carbocycles. The van der Waals surface area contributed by atoms with Crippen LogP contribution in [0.1, 0.15) is 26.3 Å². The molecule has 0 spiro atoms. The van der Waals surface area contributed by atoms with E-state index >= 15 is 0 Å². The summed E-state index contributed by atoms with van der Waals surface area (Å²) < 4.78 is 5.37. The maximum absolute atomic E-state index is 12.4. The van der Waals surface area contributed by atoms with Crippen molar-refractivity contribution in [2.45, 2.75) is 32.9 Å². The van der Waals surface area contributed by atoms with Gasteiger partial charge in [-0.2, -0.15) is 0 Å². The van der Waals surface area contributed by atoms with Crippen molar-refractivity contribution in [1.29, 1.82) is 0 Å². The third-order valence-electron chi connectivity index (χ3n) is 4.20. The number of hydrogen-bond acceptors (Lipinski definition) is 4. The molecule has 0 unspecified atom stereocenters. The van der Waals surface area contributed by atoms with Crippen LogP contribution in [0.25, 0.3) is 11.0 Å². The summed E-state index contributed by atoms with van der Waals surface area (Å²) in [5.74, 6) is 0. The number of pyridine rings is 1. The molecule has 2 aromatic rings. The third kappa shape index (κ3) is 4.25. The Hall–Kier alpha value is -2.77. The average molecular weight is 359 g/mol. The fourth-order valence-electron chi connectivity index (χ4n) is 2.87. The number of nitrogens with one attached hydrogen (secondary N) is 2. The molecule has 1 fully saturated rings. The fraction of sp³-hybridized carbons (Fsp3) is 0.500. The first kappa shape index (κ1) is 18.0. The molecule has 0 aliphatic carbocycles. The van der Waals surface area contributed by atoms with Gasteiger partial charge in [-0.25, -0.2) is 14.6 Å². The van der Waals surface area contributed by atoms with E-state index in [-0.39, 0.29) is 12.1 Å². The Kier molecular flexibility index (Phi) is 5.01. The molecule has 8 nitrogen and oxygen atoms in total. The smallest absolute Gasteiger partial charge is 0.410 e. The highest BCUT2D eigenvalue weighted by molar-refractivity contribution is 5.80. The van der Waals surface area contributed by atoms with Crippen molar-refractivity contribution >= 4 is 23.2 Å². The lowest BCUT2D eigenvalue weighted by Gasteiger charge is -2.35. The van der Waals surface area contributed by atoms with Crippen molar-refractivity contribution in [3.05, 3.63) is 30.1 Å². The minimum absolute atomic E-state index is 0.130. The van der Waals surface area contributed by atoms with Crippen molar-refractivity contribution in [2.24, 2.45) is 0 Å². The summed E-state index contributed by atoms with van der Waals surface area (Å²) in [7, 11) is 0. The molecule has 0 bridgehead atoms. The summed E-state index contributed by atoms with van der Waals surface area (Å²) in [4.78, 5) is 35.1. The van der Waals surface area contributed by atoms with Gasteiger partial charge in [-0.05, 0) is 38.5 Å². The van der Waals surface area contributed by atoms with E-state index in [1.807, 2.05) is 39.1 Å². The maximum atomic E-state index is 12.4. The first-order valence-electron chi connectivity index (χ1n) is 8.75. The van der Waals surface area contributed by atoms with Gasteiger partial charge in [0.2, 0.25) is 0 Å². The van der Waals surface area contributed by atoms with Gasteiger partial charge in [0.1, 0.15) is 11.2 Å². The number of hydrogen-bond donors (Lipinski definition) is 2. The van der Waals surface area contributed by atoms with Crippen LogP contribution in [0.2, 0.25) is 0 Å². The van der Waals surface area contributed by atoms with Crippen molar-refractivity contribution in [2.75, 3.05) is 26.2 Å². The zero-order chi connectivity index (χ0) is 18.7. The van der Waals surface area contributed by atoms with Gasteiger partial charge in [-0.1, -0.05) is 0 Å². The van der Waals surface area contributed by atoms with Crippen LogP contribution >= 0.6 is 0 Å². The zero-order valence-corrected chi connectivity index (χ0v) is 15.4. The molecule has 8 heteroatoms. The molecule has 3 heterocycles. The number of ether oxygens (including phenoxy) is 1. The molecule has 2 N–H and O–H groups in total. The molecule has 0 aromatic carbocycles. The Balaban J connectivity index is 1.50. The van der Waals surface area contributed by atoms with Crippen molar-refractivity contribution in [1.82, 2.24) is 25.1 Å². The first-order chi connectivity index (χ1) is 12.3. The van der Waals surface area contributed by atoms with Crippen molar-refractivity contribution < 1.29 is 14.3 Å². The molecule has 3 rings (SSSR count). The van der Waals surface area contributed by atoms with Gasteiger partial charge < -0.3 is 24.8 Å². The molecular formula is C18H25N5O3. The number of urea groups is 1. The van der Waals surface area contributed by atoms with Gasteiger partial charge in [-0.15, -0.1) is 0 Å². The quantitative estimate of drug-likeness (QED) is 0.861. The highest BCUT2D eigenvalue weighted by Crippen LogP contribution is 2.15. The third-order valence-corrected chi connectivity index (χ3v) is 4.20. The predicted molar refractivity (Wildman–Crippen MR) is 97.7 cm³/mol. The van der Waals surface area contributed by atoms with E-state index < -0.39 is 5.60 Å². The number of fused-ring (bicyclic) bond motifs is 1. The number of carbonyl (C=O) groups excluding carboxylic acids is 2. The second kappa shape index (κ2) is 7.23. The molecule has 26 heavy (non-hydrogen) atoms. The molecule has 3 amide bonds. The molecule has 1 aliphatic rings. The summed E-state index contributed by atoms with van der Waals surface area (Å²) in [5.41, 5.74) is 1.30. The first-order valence-corrected chi connectivity index (χ1v) is 8.75. The van der Waals surface area contributed by atoms with Gasteiger partial charge in [-0.3, -0.25) is 0 Å². The highest BCUT2D eigenvalue weighted by atomic mass is 16.6. The van der Waals surface area contributed by atoms with Crippen LogP contribution in [0.4, 0.5) is 9.59 Å². The number of carbonyl (C=O) groups is 2. The monoisotopic (exact) mass is 359 g/mol. The lowest BCUT2D eigenvalue weighted by molar-refractivity contribution is 0.0170. The number of nitrogens with zero attached hydrogens (tertiary/aromatic N) is 3. The van der Waals surface area contributed by atoms with E-state index in [0.717, 1.165) is 16.6 Å². The van der Waals surface area contributed by atoms with Crippen LogP contribution in [-0.2, 0) is 11.3 Å². The minimum atomic E-state index is -0.514. The Morgan fingerprint density at radius 2 is 1.88 bits per heavy atom. The van der Waals surface area contributed by atoms with E-state index in [2.05, 4.69) is 15.3 Å². The van der Waals surface area contributed by atoms with E-state index in [4.69, 9.17) is 4.74 Å². The predicted octanol–water partition coefficient (Wildman–Crippen LogP) is 2.33. The fourth-order valence-corrected chi connectivity index (χ4v) is 2.87. The Morgan fingerprint density at radius 1 is 1.19 bits per heavy atom. The number of aromatic amines is 1. The van der Waals surface area contributed by atoms with Crippen LogP contribution in [0.5, 0.6) is 0 Å². The number of aromatic nitrogens is 2. The number of amides is 3. The molecule has 140 valence electrons. The van der Waals surface area contributed by atoms with Gasteiger partial charge in [0, 0.05) is 50.5 Å². The SMILES string of the molecule is CC(C)(C)OC(=O)N1CCN(C(=O)NCc2ccnc3[nH]ccc23)CC1. The van der Waals surface area contributed by atoms with Crippen LogP contribution in [-0.4, -0.2) is 63.7 Å². The lowest BCUT2D eigenvalue weighted by atomic mass is 10.2. The molecule has 2 aromatic heterocycles. The lowest BCUT2D eigenvalue weighted by Crippen LogP contribution is -2.53. The summed E-state index contributed by atoms with van der Waals surface area (Å²) in [5, 5.41) is 3.95. The minimum Gasteiger partial charge on any atom is -0.444 e. The van der Waals surface area contributed by atoms with E-state index in [1.54, 1.807) is 16.0 Å². The van der Waals surface area contributed by atoms with Crippen LogP contribution in [0.15, 0.2) is 24.5 Å². The standard InChI is InChI=1S/C18H25N5O3/c1-18(2,3)26-17(25)23-10-8-22(9-11-23)16(24)21-12-13-4-6-19-15-14(13)5-7-20-15/h4-7H,8-12H2,1-3H3,(H,19,20)(H,21,24). The number of rotatable bonds is 2. The normalized spacial score (nSPS) is 15.2. The van der Waals surface area contributed by atoms with Gasteiger partial charge in [0.15, 0.2) is 0 Å². The van der Waals surface area contributed by atoms with Crippen LogP contribution in [0, 0.1) is 0 Å². The van der Waals surface area contributed by atoms with Crippen molar-refractivity contribution in [3.63, 3.8) is 0 Å². The molecular weight excluding hydrogens is 334 g/mol. The Morgan fingerprint density at radius 3 is 2.58 bits per heavy atom. The maximum Gasteiger partial charge on any atom is 0.410 e. The topological polar surface area (TPSA) is 90.6 Å². The second-order valence-electron chi connectivity index (χ2n) is 7.32. The molecule has 1 aliphatic heterocycles. The van der Waals surface area contributed by atoms with Gasteiger partial charge in [0.05, 0.1) is 0 Å². The molecule has 0 atom stereocenters.